The van der Waals surface area contributed by atoms with E-state index in [0.717, 1.165) is 30.3 Å². The molecule has 0 bridgehead atoms. The summed E-state index contributed by atoms with van der Waals surface area (Å²) >= 11 is 0. The zero-order chi connectivity index (χ0) is 13.8. The molecule has 0 aliphatic carbocycles. The summed E-state index contributed by atoms with van der Waals surface area (Å²) in [5.74, 6) is 1.57. The highest BCUT2D eigenvalue weighted by Gasteiger charge is 2.09. The SMILES string of the molecule is CCNCc1nc(-c2ccc(C(C)C)cc2)c(C)[nH]1. The van der Waals surface area contributed by atoms with Crippen molar-refractivity contribution in [3.8, 4) is 11.3 Å². The van der Waals surface area contributed by atoms with Gasteiger partial charge in [-0.2, -0.15) is 0 Å². The van der Waals surface area contributed by atoms with Crippen LogP contribution in [-0.2, 0) is 6.54 Å². The number of benzene rings is 1. The van der Waals surface area contributed by atoms with Gasteiger partial charge in [-0.05, 0) is 24.9 Å². The van der Waals surface area contributed by atoms with Crippen molar-refractivity contribution in [1.82, 2.24) is 15.3 Å². The number of hydrogen-bond donors (Lipinski definition) is 2. The molecule has 0 amide bonds. The minimum absolute atomic E-state index is 0.568. The summed E-state index contributed by atoms with van der Waals surface area (Å²) in [6.45, 7) is 10.3. The molecule has 2 rings (SSSR count). The molecule has 0 saturated carbocycles. The van der Waals surface area contributed by atoms with E-state index < -0.39 is 0 Å². The van der Waals surface area contributed by atoms with Crippen LogP contribution in [0.3, 0.4) is 0 Å². The van der Waals surface area contributed by atoms with E-state index in [-0.39, 0.29) is 0 Å². The smallest absolute Gasteiger partial charge is 0.121 e. The van der Waals surface area contributed by atoms with E-state index in [0.29, 0.717) is 5.92 Å². The molecular formula is C16H23N3. The lowest BCUT2D eigenvalue weighted by Crippen LogP contribution is -2.12. The minimum Gasteiger partial charge on any atom is -0.344 e. The van der Waals surface area contributed by atoms with Gasteiger partial charge in [0.15, 0.2) is 0 Å². The highest BCUT2D eigenvalue weighted by atomic mass is 15.0. The summed E-state index contributed by atoms with van der Waals surface area (Å²) in [6, 6.07) is 8.71. The van der Waals surface area contributed by atoms with E-state index in [2.05, 4.69) is 67.2 Å². The second kappa shape index (κ2) is 6.02. The monoisotopic (exact) mass is 257 g/mol. The number of rotatable bonds is 5. The third-order valence-electron chi connectivity index (χ3n) is 3.33. The van der Waals surface area contributed by atoms with E-state index in [1.54, 1.807) is 0 Å². The van der Waals surface area contributed by atoms with Gasteiger partial charge < -0.3 is 10.3 Å². The Morgan fingerprint density at radius 2 is 1.89 bits per heavy atom. The first-order chi connectivity index (χ1) is 9.11. The van der Waals surface area contributed by atoms with Crippen LogP contribution in [0.25, 0.3) is 11.3 Å². The zero-order valence-corrected chi connectivity index (χ0v) is 12.2. The molecule has 1 aromatic carbocycles. The average molecular weight is 257 g/mol. The lowest BCUT2D eigenvalue weighted by molar-refractivity contribution is 0.697. The van der Waals surface area contributed by atoms with Crippen LogP contribution in [0.2, 0.25) is 0 Å². The van der Waals surface area contributed by atoms with E-state index >= 15 is 0 Å². The molecule has 19 heavy (non-hydrogen) atoms. The van der Waals surface area contributed by atoms with Gasteiger partial charge in [-0.3, -0.25) is 0 Å². The van der Waals surface area contributed by atoms with Gasteiger partial charge in [0.2, 0.25) is 0 Å². The molecule has 0 radical (unpaired) electrons. The van der Waals surface area contributed by atoms with Crippen molar-refractivity contribution in [2.45, 2.75) is 40.2 Å². The van der Waals surface area contributed by atoms with Crippen molar-refractivity contribution in [3.63, 3.8) is 0 Å². The minimum atomic E-state index is 0.568. The highest BCUT2D eigenvalue weighted by molar-refractivity contribution is 5.62. The van der Waals surface area contributed by atoms with E-state index in [1.165, 1.54) is 11.1 Å². The van der Waals surface area contributed by atoms with Gasteiger partial charge in [0.05, 0.1) is 12.2 Å². The van der Waals surface area contributed by atoms with Crippen molar-refractivity contribution in [1.29, 1.82) is 0 Å². The van der Waals surface area contributed by atoms with E-state index in [9.17, 15) is 0 Å². The van der Waals surface area contributed by atoms with Crippen LogP contribution < -0.4 is 5.32 Å². The Morgan fingerprint density at radius 1 is 1.21 bits per heavy atom. The maximum absolute atomic E-state index is 4.67. The first-order valence-corrected chi connectivity index (χ1v) is 6.98. The Bertz CT molecular complexity index is 523. The fraction of sp³-hybridized carbons (Fsp3) is 0.438. The Hall–Kier alpha value is -1.61. The fourth-order valence-corrected chi connectivity index (χ4v) is 2.16. The van der Waals surface area contributed by atoms with E-state index in [4.69, 9.17) is 0 Å². The summed E-state index contributed by atoms with van der Waals surface area (Å²) < 4.78 is 0. The van der Waals surface area contributed by atoms with Gasteiger partial charge in [-0.15, -0.1) is 0 Å². The van der Waals surface area contributed by atoms with E-state index in [1.807, 2.05) is 0 Å². The maximum atomic E-state index is 4.67. The predicted octanol–water partition coefficient (Wildman–Crippen LogP) is 3.62. The Balaban J connectivity index is 2.23. The van der Waals surface area contributed by atoms with Crippen molar-refractivity contribution < 1.29 is 0 Å². The summed E-state index contributed by atoms with van der Waals surface area (Å²) in [7, 11) is 0. The van der Waals surface area contributed by atoms with Crippen LogP contribution in [0.1, 0.15) is 43.8 Å². The number of imidazole rings is 1. The van der Waals surface area contributed by atoms with Gasteiger partial charge in [-0.25, -0.2) is 4.98 Å². The molecule has 0 aliphatic heterocycles. The van der Waals surface area contributed by atoms with Gasteiger partial charge in [-0.1, -0.05) is 45.0 Å². The molecule has 0 fully saturated rings. The van der Waals surface area contributed by atoms with Gasteiger partial charge in [0.1, 0.15) is 5.82 Å². The third kappa shape index (κ3) is 3.24. The Morgan fingerprint density at radius 3 is 2.47 bits per heavy atom. The summed E-state index contributed by atoms with van der Waals surface area (Å²) in [6.07, 6.45) is 0. The first kappa shape index (κ1) is 13.8. The molecule has 3 heteroatoms. The van der Waals surface area contributed by atoms with Crippen LogP contribution in [0, 0.1) is 6.92 Å². The van der Waals surface area contributed by atoms with Crippen LogP contribution >= 0.6 is 0 Å². The number of aryl methyl sites for hydroxylation is 1. The van der Waals surface area contributed by atoms with Crippen molar-refractivity contribution in [2.24, 2.45) is 0 Å². The standard InChI is InChI=1S/C16H23N3/c1-5-17-10-15-18-12(4)16(19-15)14-8-6-13(7-9-14)11(2)3/h6-9,11,17H,5,10H2,1-4H3,(H,18,19). The average Bonchev–Trinajstić information content (AvgIpc) is 2.77. The Kier molecular flexibility index (Phi) is 4.38. The normalized spacial score (nSPS) is 11.2. The molecule has 0 saturated heterocycles. The van der Waals surface area contributed by atoms with Crippen LogP contribution in [0.15, 0.2) is 24.3 Å². The molecular weight excluding hydrogens is 234 g/mol. The summed E-state index contributed by atoms with van der Waals surface area (Å²) in [5, 5.41) is 3.29. The summed E-state index contributed by atoms with van der Waals surface area (Å²) in [5.41, 5.74) is 4.74. The van der Waals surface area contributed by atoms with Crippen LogP contribution in [0.5, 0.6) is 0 Å². The number of hydrogen-bond acceptors (Lipinski definition) is 2. The third-order valence-corrected chi connectivity index (χ3v) is 3.33. The second-order valence-electron chi connectivity index (χ2n) is 5.21. The van der Waals surface area contributed by atoms with Crippen molar-refractivity contribution in [2.75, 3.05) is 6.54 Å². The van der Waals surface area contributed by atoms with Gasteiger partial charge >= 0.3 is 0 Å². The number of nitrogens with zero attached hydrogens (tertiary/aromatic N) is 1. The molecule has 1 aromatic heterocycles. The fourth-order valence-electron chi connectivity index (χ4n) is 2.16. The lowest BCUT2D eigenvalue weighted by atomic mass is 10.0. The topological polar surface area (TPSA) is 40.7 Å². The number of H-pyrrole nitrogens is 1. The largest absolute Gasteiger partial charge is 0.344 e. The van der Waals surface area contributed by atoms with Crippen molar-refractivity contribution >= 4 is 0 Å². The zero-order valence-electron chi connectivity index (χ0n) is 12.2. The lowest BCUT2D eigenvalue weighted by Gasteiger charge is -2.06. The highest BCUT2D eigenvalue weighted by Crippen LogP contribution is 2.23. The molecule has 102 valence electrons. The molecule has 3 nitrogen and oxygen atoms in total. The molecule has 1 heterocycles. The predicted molar refractivity (Wildman–Crippen MR) is 80.2 cm³/mol. The van der Waals surface area contributed by atoms with Gasteiger partial charge in [0, 0.05) is 11.3 Å². The molecule has 0 aliphatic rings. The van der Waals surface area contributed by atoms with Crippen molar-refractivity contribution in [3.05, 3.63) is 41.3 Å². The quantitative estimate of drug-likeness (QED) is 0.859. The summed E-state index contributed by atoms with van der Waals surface area (Å²) in [4.78, 5) is 8.02. The first-order valence-electron chi connectivity index (χ1n) is 6.98. The number of aromatic nitrogens is 2. The Labute approximate surface area is 115 Å². The van der Waals surface area contributed by atoms with Gasteiger partial charge in [0.25, 0.3) is 0 Å². The molecule has 2 N–H and O–H groups in total. The maximum Gasteiger partial charge on any atom is 0.121 e. The number of nitrogens with one attached hydrogen (secondary N) is 2. The molecule has 0 atom stereocenters. The van der Waals surface area contributed by atoms with Crippen LogP contribution in [-0.4, -0.2) is 16.5 Å². The van der Waals surface area contributed by atoms with Crippen LogP contribution in [0.4, 0.5) is 0 Å². The number of aromatic amines is 1. The molecule has 0 unspecified atom stereocenters. The molecule has 2 aromatic rings. The molecule has 0 spiro atoms. The second-order valence-corrected chi connectivity index (χ2v) is 5.21.